The molecular weight excluding hydrogens is 310 g/mol. The van der Waals surface area contributed by atoms with Gasteiger partial charge in [-0.05, 0) is 35.1 Å². The van der Waals surface area contributed by atoms with Crippen LogP contribution in [0.15, 0.2) is 48.6 Å². The van der Waals surface area contributed by atoms with E-state index in [4.69, 9.17) is 46.4 Å². The molecule has 0 aliphatic heterocycles. The molecule has 0 radical (unpaired) electrons. The third-order valence-corrected chi connectivity index (χ3v) is 6.59. The number of alkyl halides is 4. The maximum atomic E-state index is 6.28. The molecule has 0 unspecified atom stereocenters. The lowest BCUT2D eigenvalue weighted by Crippen LogP contribution is -2.32. The Morgan fingerprint density at radius 1 is 0.611 bits per heavy atom. The summed E-state index contributed by atoms with van der Waals surface area (Å²) in [6.45, 7) is 16.4. The van der Waals surface area contributed by atoms with E-state index in [2.05, 4.69) is 26.3 Å². The van der Waals surface area contributed by atoms with Crippen LogP contribution >= 0.6 is 46.4 Å². The van der Waals surface area contributed by atoms with E-state index in [1.807, 2.05) is 0 Å². The first-order valence-corrected chi connectivity index (χ1v) is 7.10. The summed E-state index contributed by atoms with van der Waals surface area (Å²) in [7, 11) is 0. The fourth-order valence-electron chi connectivity index (χ4n) is 3.28. The highest BCUT2D eigenvalue weighted by molar-refractivity contribution is 6.53. The van der Waals surface area contributed by atoms with Gasteiger partial charge in [-0.15, -0.1) is 46.4 Å². The molecule has 0 aromatic carbocycles. The summed E-state index contributed by atoms with van der Waals surface area (Å²) in [4.78, 5) is 0. The molecule has 0 aromatic rings. The molecule has 96 valence electrons. The monoisotopic (exact) mass is 320 g/mol. The van der Waals surface area contributed by atoms with Crippen molar-refractivity contribution < 1.29 is 0 Å². The minimum Gasteiger partial charge on any atom is -0.100 e. The van der Waals surface area contributed by atoms with Crippen molar-refractivity contribution in [1.82, 2.24) is 0 Å². The van der Waals surface area contributed by atoms with Gasteiger partial charge in [0.15, 0.2) is 0 Å². The van der Waals surface area contributed by atoms with Gasteiger partial charge in [-0.3, -0.25) is 0 Å². The van der Waals surface area contributed by atoms with Gasteiger partial charge in [0, 0.05) is 0 Å². The molecule has 18 heavy (non-hydrogen) atoms. The van der Waals surface area contributed by atoms with Crippen LogP contribution in [0.4, 0.5) is 0 Å². The van der Waals surface area contributed by atoms with E-state index in [0.29, 0.717) is 12.8 Å². The van der Waals surface area contributed by atoms with Crippen molar-refractivity contribution in [1.29, 1.82) is 0 Å². The zero-order chi connectivity index (χ0) is 13.7. The topological polar surface area (TPSA) is 0 Å². The van der Waals surface area contributed by atoms with E-state index in [0.717, 1.165) is 22.3 Å². The maximum absolute atomic E-state index is 6.28. The molecule has 0 N–H and O–H groups in total. The first-order chi connectivity index (χ1) is 8.04. The zero-order valence-electron chi connectivity index (χ0n) is 9.75. The molecule has 0 saturated heterocycles. The SMILES string of the molecule is C=C1C(=C)C2(CC2(Cl)Cl)C(=C)C(=C)C12CC2(Cl)Cl. The summed E-state index contributed by atoms with van der Waals surface area (Å²) in [6, 6.07) is 0. The third-order valence-electron chi connectivity index (χ3n) is 4.76. The number of hydrogen-bond donors (Lipinski definition) is 0. The predicted molar refractivity (Wildman–Crippen MR) is 79.5 cm³/mol. The molecule has 3 aliphatic rings. The van der Waals surface area contributed by atoms with Gasteiger partial charge < -0.3 is 0 Å². The van der Waals surface area contributed by atoms with E-state index in [9.17, 15) is 0 Å². The fourth-order valence-corrected chi connectivity index (χ4v) is 5.00. The standard InChI is InChI=1S/C14H12Cl4/c1-7-8(2)12(6-14(12,17)18)10(4)9(3)11(7)5-13(11,15)16/h1-6H2. The predicted octanol–water partition coefficient (Wildman–Crippen LogP) is 5.35. The first-order valence-electron chi connectivity index (χ1n) is 5.58. The first kappa shape index (κ1) is 13.1. The molecule has 3 rings (SSSR count). The van der Waals surface area contributed by atoms with Crippen LogP contribution in [0.3, 0.4) is 0 Å². The lowest BCUT2D eigenvalue weighted by Gasteiger charge is -2.39. The average Bonchev–Trinajstić information content (AvgIpc) is 3.04. The summed E-state index contributed by atoms with van der Waals surface area (Å²) in [5.74, 6) is 0. The number of rotatable bonds is 0. The zero-order valence-corrected chi connectivity index (χ0v) is 12.8. The van der Waals surface area contributed by atoms with Gasteiger partial charge in [0.1, 0.15) is 8.67 Å². The molecular formula is C14H12Cl4. The average molecular weight is 322 g/mol. The molecule has 0 aromatic heterocycles. The van der Waals surface area contributed by atoms with Gasteiger partial charge >= 0.3 is 0 Å². The Kier molecular flexibility index (Phi) is 2.23. The van der Waals surface area contributed by atoms with Crippen LogP contribution in [0.2, 0.25) is 0 Å². The van der Waals surface area contributed by atoms with Gasteiger partial charge in [-0.25, -0.2) is 0 Å². The lowest BCUT2D eigenvalue weighted by atomic mass is 9.66. The van der Waals surface area contributed by atoms with E-state index >= 15 is 0 Å². The number of allylic oxidation sites excluding steroid dienone is 4. The minimum absolute atomic E-state index is 0.526. The summed E-state index contributed by atoms with van der Waals surface area (Å²) in [5, 5.41) is 0. The Hall–Kier alpha value is 0.120. The highest BCUT2D eigenvalue weighted by Gasteiger charge is 2.79. The van der Waals surface area contributed by atoms with Crippen LogP contribution in [-0.4, -0.2) is 8.67 Å². The normalized spacial score (nSPS) is 43.8. The van der Waals surface area contributed by atoms with Gasteiger partial charge in [0.2, 0.25) is 0 Å². The van der Waals surface area contributed by atoms with Crippen molar-refractivity contribution in [3.8, 4) is 0 Å². The van der Waals surface area contributed by atoms with Gasteiger partial charge in [0.25, 0.3) is 0 Å². The van der Waals surface area contributed by atoms with E-state index < -0.39 is 19.5 Å². The third kappa shape index (κ3) is 1.09. The van der Waals surface area contributed by atoms with Crippen molar-refractivity contribution in [2.75, 3.05) is 0 Å². The summed E-state index contributed by atoms with van der Waals surface area (Å²) < 4.78 is -1.74. The summed E-state index contributed by atoms with van der Waals surface area (Å²) in [6.07, 6.45) is 1.18. The molecule has 2 spiro atoms. The lowest BCUT2D eigenvalue weighted by molar-refractivity contribution is 0.589. The molecule has 0 nitrogen and oxygen atoms in total. The van der Waals surface area contributed by atoms with Crippen molar-refractivity contribution in [3.05, 3.63) is 48.6 Å². The molecule has 3 saturated carbocycles. The molecule has 0 bridgehead atoms. The Bertz CT molecular complexity index is 472. The van der Waals surface area contributed by atoms with Crippen molar-refractivity contribution >= 4 is 46.4 Å². The summed E-state index contributed by atoms with van der Waals surface area (Å²) >= 11 is 25.1. The second-order valence-corrected chi connectivity index (χ2v) is 8.46. The Labute approximate surface area is 127 Å². The molecule has 0 amide bonds. The largest absolute Gasteiger partial charge is 0.133 e. The Morgan fingerprint density at radius 2 is 0.778 bits per heavy atom. The van der Waals surface area contributed by atoms with Crippen molar-refractivity contribution in [2.45, 2.75) is 21.5 Å². The number of hydrogen-bond acceptors (Lipinski definition) is 0. The summed E-state index contributed by atoms with van der Waals surface area (Å²) in [5.41, 5.74) is 2.14. The minimum atomic E-state index is -0.870. The molecule has 3 fully saturated rings. The second-order valence-electron chi connectivity index (χ2n) is 5.49. The highest BCUT2D eigenvalue weighted by Crippen LogP contribution is 2.83. The second kappa shape index (κ2) is 3.06. The van der Waals surface area contributed by atoms with Crippen LogP contribution in [-0.2, 0) is 0 Å². The Balaban J connectivity index is 2.13. The molecule has 4 heteroatoms. The molecule has 3 aliphatic carbocycles. The fraction of sp³-hybridized carbons (Fsp3) is 0.429. The van der Waals surface area contributed by atoms with Gasteiger partial charge in [-0.1, -0.05) is 26.3 Å². The van der Waals surface area contributed by atoms with Crippen LogP contribution in [0, 0.1) is 10.8 Å². The highest BCUT2D eigenvalue weighted by atomic mass is 35.5. The Morgan fingerprint density at radius 3 is 0.889 bits per heavy atom. The molecule has 0 heterocycles. The van der Waals surface area contributed by atoms with E-state index in [-0.39, 0.29) is 0 Å². The van der Waals surface area contributed by atoms with Crippen LogP contribution in [0.25, 0.3) is 0 Å². The van der Waals surface area contributed by atoms with Crippen molar-refractivity contribution in [3.63, 3.8) is 0 Å². The van der Waals surface area contributed by atoms with Crippen LogP contribution in [0.1, 0.15) is 12.8 Å². The quantitative estimate of drug-likeness (QED) is 0.527. The molecule has 0 atom stereocenters. The van der Waals surface area contributed by atoms with Crippen molar-refractivity contribution in [2.24, 2.45) is 10.8 Å². The van der Waals surface area contributed by atoms with Crippen LogP contribution < -0.4 is 0 Å². The van der Waals surface area contributed by atoms with E-state index in [1.165, 1.54) is 0 Å². The van der Waals surface area contributed by atoms with Gasteiger partial charge in [-0.2, -0.15) is 0 Å². The van der Waals surface area contributed by atoms with Crippen LogP contribution in [0.5, 0.6) is 0 Å². The number of halogens is 4. The van der Waals surface area contributed by atoms with Gasteiger partial charge in [0.05, 0.1) is 10.8 Å². The maximum Gasteiger partial charge on any atom is 0.133 e. The smallest absolute Gasteiger partial charge is 0.100 e. The van der Waals surface area contributed by atoms with E-state index in [1.54, 1.807) is 0 Å².